The van der Waals surface area contributed by atoms with Gasteiger partial charge in [-0.1, -0.05) is 6.92 Å². The molecule has 0 unspecified atom stereocenters. The Morgan fingerprint density at radius 1 is 1.50 bits per heavy atom. The van der Waals surface area contributed by atoms with Crippen LogP contribution in [0.2, 0.25) is 0 Å². The third-order valence-electron chi connectivity index (χ3n) is 0.821. The van der Waals surface area contributed by atoms with Gasteiger partial charge in [0.25, 0.3) is 0 Å². The Morgan fingerprint density at radius 3 is 1.83 bits per heavy atom. The number of carbonyl (C=O) groups excluding carboxylic acids is 1. The van der Waals surface area contributed by atoms with E-state index in [1.54, 1.807) is 0 Å². The highest BCUT2D eigenvalue weighted by Crippen LogP contribution is 1.80. The number of ketones is 1. The molecule has 0 amide bonds. The quantitative estimate of drug-likeness (QED) is 0.327. The van der Waals surface area contributed by atoms with Crippen LogP contribution in [0.3, 0.4) is 0 Å². The van der Waals surface area contributed by atoms with E-state index in [9.17, 15) is 9.59 Å². The molecule has 0 aliphatic heterocycles. The van der Waals surface area contributed by atoms with Crippen LogP contribution in [-0.2, 0) is 9.59 Å². The number of nitrogens with two attached hydrogens (primary N) is 1. The zero-order valence-electron chi connectivity index (χ0n) is 7.26. The maximum absolute atomic E-state index is 9.54. The largest absolute Gasteiger partial charge is 0.476 e. The minimum absolute atomic E-state index is 0.289. The number of amidine groups is 1. The summed E-state index contributed by atoms with van der Waals surface area (Å²) in [5, 5.41) is 14.3. The van der Waals surface area contributed by atoms with Crippen LogP contribution in [0.5, 0.6) is 0 Å². The molecular weight excluding hydrogens is 160 g/mol. The highest BCUT2D eigenvalue weighted by molar-refractivity contribution is 6.31. The first-order chi connectivity index (χ1) is 5.41. The average Bonchev–Trinajstić information content (AvgIpc) is 1.87. The Bertz CT molecular complexity index is 165. The third-order valence-corrected chi connectivity index (χ3v) is 0.821. The number of nitrogens with one attached hydrogen (secondary N) is 1. The van der Waals surface area contributed by atoms with Crippen molar-refractivity contribution in [2.75, 3.05) is 0 Å². The van der Waals surface area contributed by atoms with Gasteiger partial charge in [-0.15, -0.1) is 0 Å². The molecule has 70 valence electrons. The smallest absolute Gasteiger partial charge is 0.371 e. The molecule has 0 saturated carbocycles. The fraction of sp³-hybridized carbons (Fsp3) is 0.571. The zero-order chi connectivity index (χ0) is 10.1. The summed E-state index contributed by atoms with van der Waals surface area (Å²) in [4.78, 5) is 18.9. The van der Waals surface area contributed by atoms with Crippen molar-refractivity contribution >= 4 is 17.6 Å². The van der Waals surface area contributed by atoms with Gasteiger partial charge in [-0.25, -0.2) is 4.79 Å². The summed E-state index contributed by atoms with van der Waals surface area (Å²) < 4.78 is 0. The number of carboxylic acid groups (broad SMARTS) is 1. The number of aliphatic carboxylic acids is 1. The van der Waals surface area contributed by atoms with E-state index in [-0.39, 0.29) is 5.84 Å². The van der Waals surface area contributed by atoms with Gasteiger partial charge in [-0.05, 0) is 6.42 Å². The molecule has 5 heteroatoms. The molecule has 12 heavy (non-hydrogen) atoms. The molecule has 0 heterocycles. The van der Waals surface area contributed by atoms with Crippen molar-refractivity contribution in [2.45, 2.75) is 26.7 Å². The van der Waals surface area contributed by atoms with E-state index in [0.29, 0.717) is 0 Å². The monoisotopic (exact) mass is 174 g/mol. The first-order valence-corrected chi connectivity index (χ1v) is 3.48. The lowest BCUT2D eigenvalue weighted by Crippen LogP contribution is -2.07. The topological polar surface area (TPSA) is 104 Å². The second-order valence-corrected chi connectivity index (χ2v) is 2.14. The number of rotatable bonds is 3. The normalized spacial score (nSPS) is 7.83. The zero-order valence-corrected chi connectivity index (χ0v) is 7.26. The van der Waals surface area contributed by atoms with Crippen molar-refractivity contribution in [3.63, 3.8) is 0 Å². The lowest BCUT2D eigenvalue weighted by atomic mass is 10.3. The number of carboxylic acids is 1. The lowest BCUT2D eigenvalue weighted by molar-refractivity contribution is -0.148. The highest BCUT2D eigenvalue weighted by atomic mass is 16.4. The van der Waals surface area contributed by atoms with Crippen molar-refractivity contribution in [2.24, 2.45) is 5.73 Å². The van der Waals surface area contributed by atoms with Crippen molar-refractivity contribution < 1.29 is 14.7 Å². The van der Waals surface area contributed by atoms with Gasteiger partial charge in [0.2, 0.25) is 5.78 Å². The standard InChI is InChI=1S/C4H10N2.C3H4O3/c1-2-3-4(5)6;1-2(4)3(5)6/h2-3H2,1H3,(H3,5,6);1H3,(H,5,6). The molecular formula is C7H14N2O3. The molecule has 0 saturated heterocycles. The molecule has 0 bridgehead atoms. The molecule has 0 fully saturated rings. The van der Waals surface area contributed by atoms with E-state index in [1.165, 1.54) is 0 Å². The Balaban J connectivity index is 0. The second kappa shape index (κ2) is 7.71. The summed E-state index contributed by atoms with van der Waals surface area (Å²) in [5.74, 6) is -1.91. The molecule has 0 rings (SSSR count). The predicted octanol–water partition coefficient (Wildman–Crippen LogP) is 0.382. The average molecular weight is 174 g/mol. The van der Waals surface area contributed by atoms with E-state index in [0.717, 1.165) is 19.8 Å². The summed E-state index contributed by atoms with van der Waals surface area (Å²) in [6.07, 6.45) is 1.72. The molecule has 4 N–H and O–H groups in total. The van der Waals surface area contributed by atoms with Crippen LogP contribution in [0.15, 0.2) is 0 Å². The number of Topliss-reactive ketones (excluding diaryl/α,β-unsaturated/α-hetero) is 1. The van der Waals surface area contributed by atoms with Gasteiger partial charge >= 0.3 is 5.97 Å². The van der Waals surface area contributed by atoms with Gasteiger partial charge in [0.15, 0.2) is 0 Å². The summed E-state index contributed by atoms with van der Waals surface area (Å²) in [6, 6.07) is 0. The van der Waals surface area contributed by atoms with Gasteiger partial charge in [0.1, 0.15) is 0 Å². The fourth-order valence-corrected chi connectivity index (χ4v) is 0.269. The fourth-order valence-electron chi connectivity index (χ4n) is 0.269. The van der Waals surface area contributed by atoms with Crippen molar-refractivity contribution in [1.29, 1.82) is 5.41 Å². The van der Waals surface area contributed by atoms with Gasteiger partial charge < -0.3 is 10.8 Å². The lowest BCUT2D eigenvalue weighted by Gasteiger charge is -1.85. The summed E-state index contributed by atoms with van der Waals surface area (Å²) in [7, 11) is 0. The van der Waals surface area contributed by atoms with Crippen LogP contribution >= 0.6 is 0 Å². The van der Waals surface area contributed by atoms with Gasteiger partial charge in [-0.2, -0.15) is 0 Å². The van der Waals surface area contributed by atoms with Crippen LogP contribution in [0.4, 0.5) is 0 Å². The Morgan fingerprint density at radius 2 is 1.83 bits per heavy atom. The van der Waals surface area contributed by atoms with Crippen LogP contribution < -0.4 is 5.73 Å². The van der Waals surface area contributed by atoms with Crippen LogP contribution in [0, 0.1) is 5.41 Å². The Kier molecular flexibility index (Phi) is 8.50. The number of hydrogen-bond donors (Lipinski definition) is 3. The minimum Gasteiger partial charge on any atom is -0.476 e. The van der Waals surface area contributed by atoms with Crippen molar-refractivity contribution in [1.82, 2.24) is 0 Å². The molecule has 0 radical (unpaired) electrons. The van der Waals surface area contributed by atoms with Crippen molar-refractivity contribution in [3.8, 4) is 0 Å². The molecule has 0 aliphatic rings. The maximum Gasteiger partial charge on any atom is 0.371 e. The third kappa shape index (κ3) is 15.8. The van der Waals surface area contributed by atoms with Crippen LogP contribution in [-0.4, -0.2) is 22.7 Å². The predicted molar refractivity (Wildman–Crippen MR) is 45.1 cm³/mol. The van der Waals surface area contributed by atoms with Gasteiger partial charge in [-0.3, -0.25) is 10.2 Å². The number of hydrogen-bond acceptors (Lipinski definition) is 3. The van der Waals surface area contributed by atoms with E-state index >= 15 is 0 Å². The summed E-state index contributed by atoms with van der Waals surface area (Å²) in [6.45, 7) is 3.00. The van der Waals surface area contributed by atoms with Crippen LogP contribution in [0.25, 0.3) is 0 Å². The first kappa shape index (κ1) is 13.2. The molecule has 0 spiro atoms. The Hall–Kier alpha value is -1.39. The molecule has 5 nitrogen and oxygen atoms in total. The molecule has 0 aromatic carbocycles. The summed E-state index contributed by atoms with van der Waals surface area (Å²) in [5.41, 5.74) is 4.99. The van der Waals surface area contributed by atoms with E-state index < -0.39 is 11.8 Å². The molecule has 0 aromatic heterocycles. The molecule has 0 aromatic rings. The van der Waals surface area contributed by atoms with E-state index in [2.05, 4.69) is 0 Å². The SMILES string of the molecule is CC(=O)C(=O)O.CCCC(=N)N. The van der Waals surface area contributed by atoms with Gasteiger partial charge in [0.05, 0.1) is 5.84 Å². The van der Waals surface area contributed by atoms with E-state index in [1.807, 2.05) is 6.92 Å². The van der Waals surface area contributed by atoms with Crippen molar-refractivity contribution in [3.05, 3.63) is 0 Å². The minimum atomic E-state index is -1.38. The highest BCUT2D eigenvalue weighted by Gasteiger charge is 1.98. The number of carbonyl (C=O) groups is 2. The van der Waals surface area contributed by atoms with Gasteiger partial charge in [0, 0.05) is 13.3 Å². The Labute approximate surface area is 71.1 Å². The molecule has 0 atom stereocenters. The maximum atomic E-state index is 9.54. The van der Waals surface area contributed by atoms with Crippen LogP contribution in [0.1, 0.15) is 26.7 Å². The first-order valence-electron chi connectivity index (χ1n) is 3.48. The molecule has 0 aliphatic carbocycles. The second-order valence-electron chi connectivity index (χ2n) is 2.14. The van der Waals surface area contributed by atoms with E-state index in [4.69, 9.17) is 16.2 Å². The summed E-state index contributed by atoms with van der Waals surface area (Å²) >= 11 is 0.